The van der Waals surface area contributed by atoms with E-state index in [2.05, 4.69) is 40.8 Å². The van der Waals surface area contributed by atoms with Gasteiger partial charge in [-0.1, -0.05) is 41.5 Å². The number of hydrogen-bond donors (Lipinski definition) is 0. The van der Waals surface area contributed by atoms with Gasteiger partial charge >= 0.3 is 5.97 Å². The van der Waals surface area contributed by atoms with Crippen LogP contribution in [0.3, 0.4) is 0 Å². The van der Waals surface area contributed by atoms with Gasteiger partial charge in [0.2, 0.25) is 0 Å². The number of methoxy groups -OCH3 is 2. The van der Waals surface area contributed by atoms with E-state index in [0.717, 1.165) is 0 Å². The highest BCUT2D eigenvalue weighted by Crippen LogP contribution is 2.37. The van der Waals surface area contributed by atoms with Gasteiger partial charge in [-0.2, -0.15) is 0 Å². The predicted octanol–water partition coefficient (Wildman–Crippen LogP) is 4.59. The predicted molar refractivity (Wildman–Crippen MR) is 127 cm³/mol. The molecule has 1 rings (SSSR count). The van der Waals surface area contributed by atoms with Gasteiger partial charge in [0.15, 0.2) is 14.1 Å². The summed E-state index contributed by atoms with van der Waals surface area (Å²) in [6.45, 7) is 17.7. The van der Waals surface area contributed by atoms with E-state index in [-0.39, 0.29) is 29.5 Å². The fourth-order valence-corrected chi connectivity index (χ4v) is 4.85. The van der Waals surface area contributed by atoms with Crippen LogP contribution in [0.15, 0.2) is 0 Å². The number of esters is 1. The van der Waals surface area contributed by atoms with Crippen molar-refractivity contribution in [1.29, 1.82) is 0 Å². The average Bonchev–Trinajstić information content (AvgIpc) is 2.70. The van der Waals surface area contributed by atoms with Crippen LogP contribution in [0.5, 0.6) is 0 Å². The van der Waals surface area contributed by atoms with Crippen molar-refractivity contribution in [2.75, 3.05) is 27.6 Å². The average molecular weight is 475 g/mol. The van der Waals surface area contributed by atoms with E-state index in [0.29, 0.717) is 25.9 Å². The molecule has 0 bridgehead atoms. The second kappa shape index (κ2) is 12.6. The SMILES string of the molecule is COCO[C@@H]([C@H](C)CO[Si](C)(C)C(C)(C)C)[C@@H](OC(=O)[C@H]1CCCC(=O)[C@H]1OC)C(C)C. The van der Waals surface area contributed by atoms with Gasteiger partial charge in [-0.05, 0) is 36.9 Å². The zero-order valence-electron chi connectivity index (χ0n) is 21.9. The third-order valence-corrected chi connectivity index (χ3v) is 11.4. The lowest BCUT2D eigenvalue weighted by molar-refractivity contribution is -0.188. The number of carbonyl (C=O) groups excluding carboxylic acids is 2. The topological polar surface area (TPSA) is 80.3 Å². The molecule has 0 unspecified atom stereocenters. The Hall–Kier alpha value is -0.803. The lowest BCUT2D eigenvalue weighted by Gasteiger charge is -2.39. The summed E-state index contributed by atoms with van der Waals surface area (Å²) in [5.41, 5.74) is 0. The maximum Gasteiger partial charge on any atom is 0.312 e. The first-order chi connectivity index (χ1) is 14.8. The molecule has 5 atom stereocenters. The van der Waals surface area contributed by atoms with Gasteiger partial charge in [0.05, 0.1) is 5.92 Å². The highest BCUT2D eigenvalue weighted by Gasteiger charge is 2.42. The first kappa shape index (κ1) is 29.2. The summed E-state index contributed by atoms with van der Waals surface area (Å²) in [7, 11) is 1.11. The molecule has 0 aromatic heterocycles. The van der Waals surface area contributed by atoms with Gasteiger partial charge in [-0.3, -0.25) is 9.59 Å². The molecule has 0 spiro atoms. The Morgan fingerprint density at radius 2 is 1.75 bits per heavy atom. The van der Waals surface area contributed by atoms with E-state index < -0.39 is 38.5 Å². The Labute approximate surface area is 196 Å². The van der Waals surface area contributed by atoms with Gasteiger partial charge < -0.3 is 23.4 Å². The molecule has 0 aliphatic heterocycles. The lowest BCUT2D eigenvalue weighted by atomic mass is 9.85. The van der Waals surface area contributed by atoms with Crippen molar-refractivity contribution >= 4 is 20.1 Å². The fraction of sp³-hybridized carbons (Fsp3) is 0.917. The van der Waals surface area contributed by atoms with E-state index in [1.807, 2.05) is 13.8 Å². The zero-order chi connectivity index (χ0) is 24.7. The van der Waals surface area contributed by atoms with Crippen LogP contribution in [-0.4, -0.2) is 66.0 Å². The molecule has 0 saturated heterocycles. The molecule has 0 heterocycles. The summed E-state index contributed by atoms with van der Waals surface area (Å²) in [4.78, 5) is 25.3. The molecule has 0 amide bonds. The number of ether oxygens (including phenoxy) is 4. The highest BCUT2D eigenvalue weighted by atomic mass is 28.4. The quantitative estimate of drug-likeness (QED) is 0.232. The molecule has 7 nitrogen and oxygen atoms in total. The first-order valence-electron chi connectivity index (χ1n) is 11.8. The third kappa shape index (κ3) is 7.90. The summed E-state index contributed by atoms with van der Waals surface area (Å²) in [6.07, 6.45) is 0.0696. The Morgan fingerprint density at radius 3 is 2.25 bits per heavy atom. The minimum atomic E-state index is -1.94. The molecule has 0 radical (unpaired) electrons. The zero-order valence-corrected chi connectivity index (χ0v) is 22.9. The monoisotopic (exact) mass is 474 g/mol. The minimum absolute atomic E-state index is 0.0106. The number of hydrogen-bond acceptors (Lipinski definition) is 7. The second-order valence-electron chi connectivity index (χ2n) is 10.9. The Bertz CT molecular complexity index is 600. The van der Waals surface area contributed by atoms with Crippen LogP contribution >= 0.6 is 0 Å². The Kier molecular flexibility index (Phi) is 11.5. The van der Waals surface area contributed by atoms with Crippen LogP contribution in [-0.2, 0) is 33.0 Å². The van der Waals surface area contributed by atoms with Crippen LogP contribution in [0.2, 0.25) is 18.1 Å². The van der Waals surface area contributed by atoms with Crippen LogP contribution in [0, 0.1) is 17.8 Å². The molecule has 1 aliphatic rings. The van der Waals surface area contributed by atoms with Crippen molar-refractivity contribution in [3.8, 4) is 0 Å². The number of ketones is 1. The standard InChI is InChI=1S/C24H46O7Si/c1-16(2)20(31-23(26)18-12-11-13-19(25)22(18)28-8)21(29-15-27-7)17(3)14-30-32(9,10)24(4,5)6/h16-18,20-22H,11-15H2,1-10H3/t17-,18+,20+,21+,22+/m1/s1. The molecule has 0 aromatic carbocycles. The fourth-order valence-electron chi connectivity index (χ4n) is 3.74. The molecular weight excluding hydrogens is 428 g/mol. The van der Waals surface area contributed by atoms with Crippen molar-refractivity contribution in [3.63, 3.8) is 0 Å². The van der Waals surface area contributed by atoms with Gasteiger partial charge in [0.25, 0.3) is 0 Å². The van der Waals surface area contributed by atoms with Crippen LogP contribution < -0.4 is 0 Å². The van der Waals surface area contributed by atoms with Crippen molar-refractivity contribution in [3.05, 3.63) is 0 Å². The van der Waals surface area contributed by atoms with Gasteiger partial charge in [-0.25, -0.2) is 0 Å². The molecule has 1 aliphatic carbocycles. The molecule has 1 saturated carbocycles. The highest BCUT2D eigenvalue weighted by molar-refractivity contribution is 6.74. The summed E-state index contributed by atoms with van der Waals surface area (Å²) in [5.74, 6) is -1.02. The molecule has 0 N–H and O–H groups in total. The smallest absolute Gasteiger partial charge is 0.312 e. The summed E-state index contributed by atoms with van der Waals surface area (Å²) in [5, 5.41) is 0.0994. The van der Waals surface area contributed by atoms with E-state index in [1.54, 1.807) is 7.11 Å². The normalized spacial score (nSPS) is 23.2. The lowest BCUT2D eigenvalue weighted by Crippen LogP contribution is -2.48. The maximum atomic E-state index is 13.1. The van der Waals surface area contributed by atoms with Crippen LogP contribution in [0.25, 0.3) is 0 Å². The molecule has 188 valence electrons. The number of carbonyl (C=O) groups is 2. The first-order valence-corrected chi connectivity index (χ1v) is 14.7. The molecule has 8 heteroatoms. The molecule has 32 heavy (non-hydrogen) atoms. The van der Waals surface area contributed by atoms with Crippen LogP contribution in [0.1, 0.15) is 60.8 Å². The minimum Gasteiger partial charge on any atom is -0.459 e. The van der Waals surface area contributed by atoms with E-state index >= 15 is 0 Å². The summed E-state index contributed by atoms with van der Waals surface area (Å²) >= 11 is 0. The van der Waals surface area contributed by atoms with Gasteiger partial charge in [0, 0.05) is 33.2 Å². The number of Topliss-reactive ketones (excluding diaryl/α,β-unsaturated/α-hetero) is 1. The second-order valence-corrected chi connectivity index (χ2v) is 15.7. The third-order valence-electron chi connectivity index (χ3n) is 6.86. The van der Waals surface area contributed by atoms with E-state index in [1.165, 1.54) is 7.11 Å². The Morgan fingerprint density at radius 1 is 1.12 bits per heavy atom. The summed E-state index contributed by atoms with van der Waals surface area (Å²) < 4.78 is 29.0. The Balaban J connectivity index is 3.00. The molecule has 0 aromatic rings. The molecule has 1 fully saturated rings. The van der Waals surface area contributed by atoms with Crippen LogP contribution in [0.4, 0.5) is 0 Å². The van der Waals surface area contributed by atoms with Gasteiger partial charge in [0.1, 0.15) is 25.1 Å². The van der Waals surface area contributed by atoms with E-state index in [9.17, 15) is 9.59 Å². The van der Waals surface area contributed by atoms with Crippen molar-refractivity contribution in [2.24, 2.45) is 17.8 Å². The number of rotatable bonds is 12. The van der Waals surface area contributed by atoms with Crippen molar-refractivity contribution < 1.29 is 33.0 Å². The summed E-state index contributed by atoms with van der Waals surface area (Å²) in [6, 6.07) is 0. The maximum absolute atomic E-state index is 13.1. The van der Waals surface area contributed by atoms with Gasteiger partial charge in [-0.15, -0.1) is 0 Å². The van der Waals surface area contributed by atoms with Crippen molar-refractivity contribution in [2.45, 2.75) is 97.2 Å². The van der Waals surface area contributed by atoms with Crippen molar-refractivity contribution in [1.82, 2.24) is 0 Å². The van der Waals surface area contributed by atoms with E-state index in [4.69, 9.17) is 23.4 Å². The largest absolute Gasteiger partial charge is 0.459 e. The molecular formula is C24H46O7Si.